The lowest BCUT2D eigenvalue weighted by Gasteiger charge is -2.33. The van der Waals surface area contributed by atoms with Crippen LogP contribution in [-0.2, 0) is 11.3 Å². The molecule has 4 rings (SSSR count). The van der Waals surface area contributed by atoms with Gasteiger partial charge in [-0.3, -0.25) is 0 Å². The van der Waals surface area contributed by atoms with E-state index in [1.165, 1.54) is 12.1 Å². The highest BCUT2D eigenvalue weighted by atomic mass is 19.1. The number of anilines is 1. The fraction of sp³-hybridized carbons (Fsp3) is 0.350. The number of piperidine rings is 1. The number of carbonyl (C=O) groups is 1. The van der Waals surface area contributed by atoms with E-state index in [2.05, 4.69) is 19.9 Å². The number of nitrogens with one attached hydrogen (secondary N) is 1. The molecule has 0 radical (unpaired) electrons. The Labute approximate surface area is 162 Å². The molecule has 1 aliphatic heterocycles. The highest BCUT2D eigenvalue weighted by Gasteiger charge is 2.27. The molecular weight excluding hydrogens is 361 g/mol. The molecule has 1 aromatic carbocycles. The number of nitrogens with zero attached hydrogens (tertiary/aromatic N) is 4. The van der Waals surface area contributed by atoms with Crippen LogP contribution in [0.3, 0.4) is 0 Å². The van der Waals surface area contributed by atoms with E-state index in [0.29, 0.717) is 25.4 Å². The molecule has 8 heteroatoms. The summed E-state index contributed by atoms with van der Waals surface area (Å²) in [6.45, 7) is 1.66. The van der Waals surface area contributed by atoms with E-state index in [9.17, 15) is 9.18 Å². The lowest BCUT2D eigenvalue weighted by molar-refractivity contribution is 0.162. The van der Waals surface area contributed by atoms with E-state index in [1.807, 2.05) is 12.1 Å². The van der Waals surface area contributed by atoms with Crippen LogP contribution >= 0.6 is 0 Å². The predicted molar refractivity (Wildman–Crippen MR) is 104 cm³/mol. The maximum Gasteiger partial charge on any atom is 0.321 e. The third kappa shape index (κ3) is 3.68. The van der Waals surface area contributed by atoms with Crippen LogP contribution < -0.4 is 5.32 Å². The summed E-state index contributed by atoms with van der Waals surface area (Å²) < 4.78 is 20.5. The molecule has 0 atom stereocenters. The summed E-state index contributed by atoms with van der Waals surface area (Å²) >= 11 is 0. The van der Waals surface area contributed by atoms with Gasteiger partial charge in [-0.2, -0.15) is 0 Å². The number of urea groups is 1. The molecule has 7 nitrogen and oxygen atoms in total. The molecular formula is C20H22FN5O2. The Kier molecular flexibility index (Phi) is 5.21. The standard InChI is InChI=1S/C20H22FN5O2/c1-28-13-18-24-17-3-2-10-22-19(17)26(18)16-8-11-25(12-9-16)20(27)23-15-6-4-14(21)5-7-15/h2-7,10,16H,8-9,11-13H2,1H3,(H,23,27). The Bertz CT molecular complexity index is 964. The van der Waals surface area contributed by atoms with Gasteiger partial charge in [0.05, 0.1) is 0 Å². The number of methoxy groups -OCH3 is 1. The average Bonchev–Trinajstić information content (AvgIpc) is 3.08. The maximum atomic E-state index is 13.0. The summed E-state index contributed by atoms with van der Waals surface area (Å²) in [6, 6.07) is 9.63. The molecule has 28 heavy (non-hydrogen) atoms. The molecule has 2 amide bonds. The molecule has 146 valence electrons. The molecule has 0 saturated carbocycles. The maximum absolute atomic E-state index is 13.0. The van der Waals surface area contributed by atoms with Crippen LogP contribution in [-0.4, -0.2) is 45.7 Å². The van der Waals surface area contributed by atoms with Crippen molar-refractivity contribution in [2.24, 2.45) is 0 Å². The van der Waals surface area contributed by atoms with Crippen LogP contribution in [0.5, 0.6) is 0 Å². The molecule has 0 unspecified atom stereocenters. The summed E-state index contributed by atoms with van der Waals surface area (Å²) in [5, 5.41) is 2.82. The normalized spacial score (nSPS) is 15.1. The quantitative estimate of drug-likeness (QED) is 0.747. The van der Waals surface area contributed by atoms with Crippen molar-refractivity contribution in [1.82, 2.24) is 19.4 Å². The molecule has 3 aromatic rings. The average molecular weight is 383 g/mol. The van der Waals surface area contributed by atoms with Gasteiger partial charge in [0.1, 0.15) is 23.8 Å². The van der Waals surface area contributed by atoms with Crippen molar-refractivity contribution in [2.75, 3.05) is 25.5 Å². The number of likely N-dealkylation sites (tertiary alicyclic amines) is 1. The number of fused-ring (bicyclic) bond motifs is 1. The number of aromatic nitrogens is 3. The minimum Gasteiger partial charge on any atom is -0.377 e. The smallest absolute Gasteiger partial charge is 0.321 e. The Balaban J connectivity index is 1.45. The molecule has 0 spiro atoms. The van der Waals surface area contributed by atoms with Crippen molar-refractivity contribution in [1.29, 1.82) is 0 Å². The van der Waals surface area contributed by atoms with Crippen LogP contribution in [0.1, 0.15) is 24.7 Å². The first-order valence-corrected chi connectivity index (χ1v) is 9.28. The predicted octanol–water partition coefficient (Wildman–Crippen LogP) is 3.59. The number of imidazole rings is 1. The van der Waals surface area contributed by atoms with Crippen LogP contribution in [0, 0.1) is 5.82 Å². The SMILES string of the molecule is COCc1nc2cccnc2n1C1CCN(C(=O)Nc2ccc(F)cc2)CC1. The number of pyridine rings is 1. The summed E-state index contributed by atoms with van der Waals surface area (Å²) in [6.07, 6.45) is 3.37. The number of hydrogen-bond donors (Lipinski definition) is 1. The number of carbonyl (C=O) groups excluding carboxylic acids is 1. The fourth-order valence-electron chi connectivity index (χ4n) is 3.65. The minimum atomic E-state index is -0.327. The molecule has 0 aliphatic carbocycles. The second-order valence-electron chi connectivity index (χ2n) is 6.83. The Morgan fingerprint density at radius 1 is 1.25 bits per heavy atom. The second kappa shape index (κ2) is 7.93. The Morgan fingerprint density at radius 2 is 2.00 bits per heavy atom. The van der Waals surface area contributed by atoms with E-state index < -0.39 is 0 Å². The van der Waals surface area contributed by atoms with Crippen molar-refractivity contribution in [3.05, 3.63) is 54.2 Å². The molecule has 1 saturated heterocycles. The van der Waals surface area contributed by atoms with Gasteiger partial charge in [-0.15, -0.1) is 0 Å². The van der Waals surface area contributed by atoms with Gasteiger partial charge in [-0.25, -0.2) is 19.2 Å². The van der Waals surface area contributed by atoms with Crippen molar-refractivity contribution in [3.63, 3.8) is 0 Å². The largest absolute Gasteiger partial charge is 0.377 e. The van der Waals surface area contributed by atoms with Gasteiger partial charge in [-0.1, -0.05) is 0 Å². The lowest BCUT2D eigenvalue weighted by Crippen LogP contribution is -2.41. The van der Waals surface area contributed by atoms with Gasteiger partial charge in [0.15, 0.2) is 5.65 Å². The van der Waals surface area contributed by atoms with Gasteiger partial charge in [0.2, 0.25) is 0 Å². The third-order valence-corrected chi connectivity index (χ3v) is 5.01. The summed E-state index contributed by atoms with van der Waals surface area (Å²) in [7, 11) is 1.65. The van der Waals surface area contributed by atoms with Crippen LogP contribution in [0.15, 0.2) is 42.6 Å². The molecule has 3 heterocycles. The number of halogens is 1. The molecule has 1 N–H and O–H groups in total. The van der Waals surface area contributed by atoms with Gasteiger partial charge < -0.3 is 19.5 Å². The Hall–Kier alpha value is -3.00. The second-order valence-corrected chi connectivity index (χ2v) is 6.83. The topological polar surface area (TPSA) is 72.3 Å². The van der Waals surface area contributed by atoms with Gasteiger partial charge in [0, 0.05) is 38.1 Å². The molecule has 2 aromatic heterocycles. The highest BCUT2D eigenvalue weighted by Crippen LogP contribution is 2.28. The number of benzene rings is 1. The number of rotatable bonds is 4. The van der Waals surface area contributed by atoms with Crippen molar-refractivity contribution >= 4 is 22.9 Å². The third-order valence-electron chi connectivity index (χ3n) is 5.01. The molecule has 1 aliphatic rings. The van der Waals surface area contributed by atoms with E-state index in [4.69, 9.17) is 4.74 Å². The van der Waals surface area contributed by atoms with E-state index in [1.54, 1.807) is 30.3 Å². The zero-order valence-electron chi connectivity index (χ0n) is 15.6. The van der Waals surface area contributed by atoms with Crippen molar-refractivity contribution < 1.29 is 13.9 Å². The van der Waals surface area contributed by atoms with Gasteiger partial charge in [-0.05, 0) is 49.2 Å². The van der Waals surface area contributed by atoms with Crippen LogP contribution in [0.2, 0.25) is 0 Å². The van der Waals surface area contributed by atoms with Crippen LogP contribution in [0.4, 0.5) is 14.9 Å². The zero-order chi connectivity index (χ0) is 19.5. The monoisotopic (exact) mass is 383 g/mol. The number of ether oxygens (including phenoxy) is 1. The fourth-order valence-corrected chi connectivity index (χ4v) is 3.65. The van der Waals surface area contributed by atoms with Crippen molar-refractivity contribution in [3.8, 4) is 0 Å². The first-order chi connectivity index (χ1) is 13.7. The highest BCUT2D eigenvalue weighted by molar-refractivity contribution is 5.89. The van der Waals surface area contributed by atoms with E-state index in [0.717, 1.165) is 29.8 Å². The van der Waals surface area contributed by atoms with Gasteiger partial charge in [0.25, 0.3) is 0 Å². The van der Waals surface area contributed by atoms with Gasteiger partial charge >= 0.3 is 6.03 Å². The van der Waals surface area contributed by atoms with E-state index >= 15 is 0 Å². The summed E-state index contributed by atoms with van der Waals surface area (Å²) in [5.74, 6) is 0.525. The van der Waals surface area contributed by atoms with E-state index in [-0.39, 0.29) is 17.9 Å². The van der Waals surface area contributed by atoms with Crippen LogP contribution in [0.25, 0.3) is 11.2 Å². The summed E-state index contributed by atoms with van der Waals surface area (Å²) in [5.41, 5.74) is 2.29. The molecule has 0 bridgehead atoms. The number of amides is 2. The number of hydrogen-bond acceptors (Lipinski definition) is 4. The summed E-state index contributed by atoms with van der Waals surface area (Å²) in [4.78, 5) is 23.4. The van der Waals surface area contributed by atoms with Crippen molar-refractivity contribution in [2.45, 2.75) is 25.5 Å². The zero-order valence-corrected chi connectivity index (χ0v) is 15.6. The Morgan fingerprint density at radius 3 is 2.71 bits per heavy atom. The first-order valence-electron chi connectivity index (χ1n) is 9.28. The lowest BCUT2D eigenvalue weighted by atomic mass is 10.0. The minimum absolute atomic E-state index is 0.171. The first kappa shape index (κ1) is 18.4. The molecule has 1 fully saturated rings.